The van der Waals surface area contributed by atoms with Gasteiger partial charge in [0.15, 0.2) is 0 Å². The Hall–Kier alpha value is -2.18. The third kappa shape index (κ3) is 4.48. The van der Waals surface area contributed by atoms with Gasteiger partial charge >= 0.3 is 0 Å². The van der Waals surface area contributed by atoms with Gasteiger partial charge in [-0.1, -0.05) is 38.1 Å². The average Bonchev–Trinajstić information content (AvgIpc) is 3.13. The maximum atomic E-state index is 13.7. The van der Waals surface area contributed by atoms with Gasteiger partial charge in [0.1, 0.15) is 0 Å². The van der Waals surface area contributed by atoms with Crippen molar-refractivity contribution in [2.24, 2.45) is 5.92 Å². The standard InChI is InChI=1S/C26H35N3O2S/c1-18(2)25(30)27-12-7-13-28(16-15-27)26(31)20(4)29-14-10-23-22(11-17-32-23)24(29)21-9-6-5-8-19(21)3/h5-6,8-9,11,17-18,20,24H,7,10,12-16H2,1-4H3/t20-,24+/m0/s1. The number of nitrogens with zero attached hydrogens (tertiary/aromatic N) is 3. The van der Waals surface area contributed by atoms with Gasteiger partial charge in [0, 0.05) is 43.5 Å². The fourth-order valence-electron chi connectivity index (χ4n) is 5.12. The van der Waals surface area contributed by atoms with Gasteiger partial charge in [-0.15, -0.1) is 11.3 Å². The fourth-order valence-corrected chi connectivity index (χ4v) is 6.03. The summed E-state index contributed by atoms with van der Waals surface area (Å²) in [6.07, 6.45) is 1.83. The van der Waals surface area contributed by atoms with Gasteiger partial charge in [0.2, 0.25) is 11.8 Å². The quantitative estimate of drug-likeness (QED) is 0.700. The van der Waals surface area contributed by atoms with E-state index in [0.717, 1.165) is 32.5 Å². The summed E-state index contributed by atoms with van der Waals surface area (Å²) in [6.45, 7) is 11.7. The molecule has 32 heavy (non-hydrogen) atoms. The van der Waals surface area contributed by atoms with E-state index >= 15 is 0 Å². The van der Waals surface area contributed by atoms with Crippen molar-refractivity contribution in [2.75, 3.05) is 32.7 Å². The zero-order chi connectivity index (χ0) is 22.8. The van der Waals surface area contributed by atoms with Crippen molar-refractivity contribution >= 4 is 23.2 Å². The van der Waals surface area contributed by atoms with Crippen molar-refractivity contribution in [1.82, 2.24) is 14.7 Å². The lowest BCUT2D eigenvalue weighted by Gasteiger charge is -2.41. The number of aryl methyl sites for hydroxylation is 1. The Kier molecular flexibility index (Phi) is 7.01. The van der Waals surface area contributed by atoms with Crippen LogP contribution in [0.2, 0.25) is 0 Å². The van der Waals surface area contributed by atoms with Crippen LogP contribution >= 0.6 is 11.3 Å². The van der Waals surface area contributed by atoms with E-state index in [1.807, 2.05) is 35.0 Å². The third-order valence-electron chi connectivity index (χ3n) is 6.95. The monoisotopic (exact) mass is 453 g/mol. The van der Waals surface area contributed by atoms with E-state index in [4.69, 9.17) is 0 Å². The molecule has 0 bridgehead atoms. The van der Waals surface area contributed by atoms with Gasteiger partial charge in [0.25, 0.3) is 0 Å². The molecule has 1 fully saturated rings. The van der Waals surface area contributed by atoms with Gasteiger partial charge in [0.05, 0.1) is 12.1 Å². The number of benzene rings is 1. The molecule has 2 aliphatic rings. The average molecular weight is 454 g/mol. The van der Waals surface area contributed by atoms with Gasteiger partial charge < -0.3 is 9.80 Å². The molecule has 0 radical (unpaired) electrons. The molecule has 0 N–H and O–H groups in total. The number of rotatable bonds is 4. The molecule has 0 saturated carbocycles. The van der Waals surface area contributed by atoms with Crippen LogP contribution in [-0.4, -0.2) is 65.3 Å². The summed E-state index contributed by atoms with van der Waals surface area (Å²) in [5.74, 6) is 0.369. The molecule has 5 nitrogen and oxygen atoms in total. The topological polar surface area (TPSA) is 43.9 Å². The highest BCUT2D eigenvalue weighted by Crippen LogP contribution is 2.40. The number of fused-ring (bicyclic) bond motifs is 1. The van der Waals surface area contributed by atoms with E-state index < -0.39 is 0 Å². The lowest BCUT2D eigenvalue weighted by Crippen LogP contribution is -2.51. The number of carbonyl (C=O) groups is 2. The molecule has 2 atom stereocenters. The molecule has 0 aliphatic carbocycles. The highest BCUT2D eigenvalue weighted by atomic mass is 32.1. The number of thiophene rings is 1. The smallest absolute Gasteiger partial charge is 0.239 e. The highest BCUT2D eigenvalue weighted by molar-refractivity contribution is 7.10. The van der Waals surface area contributed by atoms with E-state index in [9.17, 15) is 9.59 Å². The second kappa shape index (κ2) is 9.75. The first-order chi connectivity index (χ1) is 15.4. The van der Waals surface area contributed by atoms with E-state index in [1.165, 1.54) is 21.6 Å². The van der Waals surface area contributed by atoms with Crippen LogP contribution in [-0.2, 0) is 16.0 Å². The molecule has 2 aliphatic heterocycles. The predicted octanol–water partition coefficient (Wildman–Crippen LogP) is 4.11. The van der Waals surface area contributed by atoms with Crippen LogP contribution in [0.15, 0.2) is 35.7 Å². The van der Waals surface area contributed by atoms with E-state index in [2.05, 4.69) is 54.5 Å². The lowest BCUT2D eigenvalue weighted by molar-refractivity contribution is -0.138. The summed E-state index contributed by atoms with van der Waals surface area (Å²) in [5.41, 5.74) is 3.90. The lowest BCUT2D eigenvalue weighted by atomic mass is 9.89. The molecule has 172 valence electrons. The molecular formula is C26H35N3O2S. The minimum atomic E-state index is -0.208. The van der Waals surface area contributed by atoms with Crippen LogP contribution in [0, 0.1) is 12.8 Å². The number of hydrogen-bond acceptors (Lipinski definition) is 4. The SMILES string of the molecule is Cc1ccccc1[C@@H]1c2ccsc2CCN1[C@@H](C)C(=O)N1CCCN(C(=O)C(C)C)CC1. The summed E-state index contributed by atoms with van der Waals surface area (Å²) in [7, 11) is 0. The molecule has 1 saturated heterocycles. The Morgan fingerprint density at radius 3 is 2.28 bits per heavy atom. The second-order valence-corrected chi connectivity index (χ2v) is 10.4. The Balaban J connectivity index is 1.55. The molecule has 4 rings (SSSR count). The van der Waals surface area contributed by atoms with Crippen molar-refractivity contribution in [3.63, 3.8) is 0 Å². The van der Waals surface area contributed by atoms with Crippen molar-refractivity contribution in [3.05, 3.63) is 57.3 Å². The third-order valence-corrected chi connectivity index (χ3v) is 7.95. The van der Waals surface area contributed by atoms with Gasteiger partial charge in [-0.05, 0) is 54.8 Å². The number of carbonyl (C=O) groups excluding carboxylic acids is 2. The Morgan fingerprint density at radius 2 is 1.59 bits per heavy atom. The molecule has 0 unspecified atom stereocenters. The van der Waals surface area contributed by atoms with Gasteiger partial charge in [-0.25, -0.2) is 0 Å². The summed E-state index contributed by atoms with van der Waals surface area (Å²) in [5, 5.41) is 2.18. The van der Waals surface area contributed by atoms with Gasteiger partial charge in [-0.3, -0.25) is 14.5 Å². The largest absolute Gasteiger partial charge is 0.341 e. The molecule has 1 aromatic heterocycles. The van der Waals surface area contributed by atoms with Crippen LogP contribution in [0.25, 0.3) is 0 Å². The highest BCUT2D eigenvalue weighted by Gasteiger charge is 2.37. The van der Waals surface area contributed by atoms with E-state index in [1.54, 1.807) is 0 Å². The van der Waals surface area contributed by atoms with E-state index in [0.29, 0.717) is 13.1 Å². The van der Waals surface area contributed by atoms with Crippen molar-refractivity contribution in [2.45, 2.75) is 52.6 Å². The summed E-state index contributed by atoms with van der Waals surface area (Å²) >= 11 is 1.83. The maximum absolute atomic E-state index is 13.7. The molecule has 6 heteroatoms. The molecule has 0 spiro atoms. The Morgan fingerprint density at radius 1 is 0.906 bits per heavy atom. The normalized spacial score (nSPS) is 20.7. The zero-order valence-electron chi connectivity index (χ0n) is 19.7. The summed E-state index contributed by atoms with van der Waals surface area (Å²) in [4.78, 5) is 33.8. The van der Waals surface area contributed by atoms with Crippen LogP contribution in [0.1, 0.15) is 54.8 Å². The van der Waals surface area contributed by atoms with Crippen LogP contribution < -0.4 is 0 Å². The summed E-state index contributed by atoms with van der Waals surface area (Å²) in [6, 6.07) is 10.7. The Bertz CT molecular complexity index is 969. The first-order valence-corrected chi connectivity index (χ1v) is 12.7. The zero-order valence-corrected chi connectivity index (χ0v) is 20.5. The predicted molar refractivity (Wildman–Crippen MR) is 130 cm³/mol. The van der Waals surface area contributed by atoms with Gasteiger partial charge in [-0.2, -0.15) is 0 Å². The molecular weight excluding hydrogens is 418 g/mol. The molecule has 3 heterocycles. The minimum absolute atomic E-state index is 0.000739. The first-order valence-electron chi connectivity index (χ1n) is 11.8. The first kappa shape index (κ1) is 23.0. The van der Waals surface area contributed by atoms with E-state index in [-0.39, 0.29) is 29.8 Å². The number of amides is 2. The van der Waals surface area contributed by atoms with Crippen molar-refractivity contribution < 1.29 is 9.59 Å². The second-order valence-electron chi connectivity index (χ2n) is 9.38. The molecule has 1 aromatic carbocycles. The molecule has 2 aromatic rings. The van der Waals surface area contributed by atoms with Crippen molar-refractivity contribution in [3.8, 4) is 0 Å². The maximum Gasteiger partial charge on any atom is 0.239 e. The summed E-state index contributed by atoms with van der Waals surface area (Å²) < 4.78 is 0. The minimum Gasteiger partial charge on any atom is -0.341 e. The van der Waals surface area contributed by atoms with Crippen LogP contribution in [0.3, 0.4) is 0 Å². The number of hydrogen-bond donors (Lipinski definition) is 0. The molecule has 2 amide bonds. The fraction of sp³-hybridized carbons (Fsp3) is 0.538. The van der Waals surface area contributed by atoms with Crippen molar-refractivity contribution in [1.29, 1.82) is 0 Å². The van der Waals surface area contributed by atoms with Crippen LogP contribution in [0.4, 0.5) is 0 Å². The van der Waals surface area contributed by atoms with Crippen LogP contribution in [0.5, 0.6) is 0 Å². The Labute approximate surface area is 196 Å².